The monoisotopic (exact) mass is 294 g/mol. The molecule has 1 amide bonds. The number of amides is 1. The smallest absolute Gasteiger partial charge is 0.284 e. The molecule has 2 aromatic carbocycles. The fraction of sp³-hybridized carbons (Fsp3) is 0.167. The lowest BCUT2D eigenvalue weighted by atomic mass is 10.1. The number of nitrogens with zero attached hydrogens (tertiary/aromatic N) is 1. The molecule has 0 aliphatic carbocycles. The third-order valence-corrected chi connectivity index (χ3v) is 3.65. The number of carbonyl (C=O) groups is 1. The maximum absolute atomic E-state index is 11.6. The second kappa shape index (κ2) is 6.03. The van der Waals surface area contributed by atoms with E-state index in [1.807, 2.05) is 49.5 Å². The molecule has 0 spiro atoms. The number of carbonyl (C=O) groups excluding carboxylic acids is 1. The highest BCUT2D eigenvalue weighted by molar-refractivity contribution is 5.98. The standard InChI is InChI=1S/C18H18N2O2/c1-20(11-13-7-3-2-4-8-13)12-15-14-9-5-6-10-16(14)22-17(15)18(19)21/h2-10H,11-12H2,1H3,(H2,19,21). The molecular weight excluding hydrogens is 276 g/mol. The Hall–Kier alpha value is -2.59. The van der Waals surface area contributed by atoms with E-state index in [4.69, 9.17) is 10.2 Å². The Labute approximate surface area is 129 Å². The third-order valence-electron chi connectivity index (χ3n) is 3.65. The van der Waals surface area contributed by atoms with Crippen LogP contribution in [0.1, 0.15) is 21.7 Å². The van der Waals surface area contributed by atoms with Gasteiger partial charge in [-0.15, -0.1) is 0 Å². The minimum Gasteiger partial charge on any atom is -0.451 e. The van der Waals surface area contributed by atoms with Gasteiger partial charge in [-0.3, -0.25) is 9.69 Å². The predicted octanol–water partition coefficient (Wildman–Crippen LogP) is 3.16. The maximum atomic E-state index is 11.6. The van der Waals surface area contributed by atoms with Gasteiger partial charge in [0.15, 0.2) is 5.76 Å². The molecule has 4 nitrogen and oxygen atoms in total. The fourth-order valence-corrected chi connectivity index (χ4v) is 2.68. The van der Waals surface area contributed by atoms with Crippen LogP contribution in [0.3, 0.4) is 0 Å². The minimum absolute atomic E-state index is 0.251. The summed E-state index contributed by atoms with van der Waals surface area (Å²) in [7, 11) is 2.01. The number of furan rings is 1. The van der Waals surface area contributed by atoms with E-state index in [9.17, 15) is 4.79 Å². The normalized spacial score (nSPS) is 11.2. The van der Waals surface area contributed by atoms with Crippen molar-refractivity contribution in [3.8, 4) is 0 Å². The first-order chi connectivity index (χ1) is 10.6. The van der Waals surface area contributed by atoms with E-state index >= 15 is 0 Å². The van der Waals surface area contributed by atoms with Gasteiger partial charge in [0.25, 0.3) is 5.91 Å². The summed E-state index contributed by atoms with van der Waals surface area (Å²) in [6.07, 6.45) is 0. The Kier molecular flexibility index (Phi) is 3.94. The van der Waals surface area contributed by atoms with E-state index in [1.54, 1.807) is 0 Å². The van der Waals surface area contributed by atoms with Crippen LogP contribution in [0.25, 0.3) is 11.0 Å². The van der Waals surface area contributed by atoms with Gasteiger partial charge in [-0.2, -0.15) is 0 Å². The van der Waals surface area contributed by atoms with E-state index < -0.39 is 5.91 Å². The van der Waals surface area contributed by atoms with Gasteiger partial charge >= 0.3 is 0 Å². The summed E-state index contributed by atoms with van der Waals surface area (Å²) in [5.41, 5.74) is 8.22. The molecule has 0 bridgehead atoms. The Morgan fingerprint density at radius 1 is 1.05 bits per heavy atom. The minimum atomic E-state index is -0.528. The largest absolute Gasteiger partial charge is 0.451 e. The molecule has 22 heavy (non-hydrogen) atoms. The fourth-order valence-electron chi connectivity index (χ4n) is 2.68. The molecule has 0 radical (unpaired) electrons. The van der Waals surface area contributed by atoms with Crippen LogP contribution >= 0.6 is 0 Å². The van der Waals surface area contributed by atoms with E-state index in [1.165, 1.54) is 5.56 Å². The van der Waals surface area contributed by atoms with E-state index in [2.05, 4.69) is 17.0 Å². The van der Waals surface area contributed by atoms with E-state index in [0.717, 1.165) is 17.5 Å². The molecule has 1 heterocycles. The Morgan fingerprint density at radius 3 is 2.45 bits per heavy atom. The van der Waals surface area contributed by atoms with Gasteiger partial charge in [0.2, 0.25) is 0 Å². The van der Waals surface area contributed by atoms with Crippen molar-refractivity contribution >= 4 is 16.9 Å². The predicted molar refractivity (Wildman–Crippen MR) is 86.3 cm³/mol. The average Bonchev–Trinajstić information content (AvgIpc) is 2.87. The molecule has 0 unspecified atom stereocenters. The van der Waals surface area contributed by atoms with Gasteiger partial charge in [0.1, 0.15) is 5.58 Å². The Balaban J connectivity index is 1.89. The van der Waals surface area contributed by atoms with Crippen LogP contribution < -0.4 is 5.73 Å². The zero-order chi connectivity index (χ0) is 15.5. The molecule has 0 atom stereocenters. The van der Waals surface area contributed by atoms with Crippen LogP contribution in [-0.4, -0.2) is 17.9 Å². The van der Waals surface area contributed by atoms with Crippen molar-refractivity contribution < 1.29 is 9.21 Å². The first-order valence-corrected chi connectivity index (χ1v) is 7.18. The van der Waals surface area contributed by atoms with E-state index in [0.29, 0.717) is 12.1 Å². The van der Waals surface area contributed by atoms with Gasteiger partial charge in [-0.1, -0.05) is 48.5 Å². The van der Waals surface area contributed by atoms with Crippen molar-refractivity contribution in [3.63, 3.8) is 0 Å². The highest BCUT2D eigenvalue weighted by Crippen LogP contribution is 2.27. The van der Waals surface area contributed by atoms with Crippen molar-refractivity contribution in [3.05, 3.63) is 71.5 Å². The second-order valence-electron chi connectivity index (χ2n) is 5.43. The summed E-state index contributed by atoms with van der Waals surface area (Å²) in [6, 6.07) is 17.8. The van der Waals surface area contributed by atoms with Crippen molar-refractivity contribution in [2.24, 2.45) is 5.73 Å². The van der Waals surface area contributed by atoms with Crippen LogP contribution in [0, 0.1) is 0 Å². The molecule has 0 fully saturated rings. The number of primary amides is 1. The van der Waals surface area contributed by atoms with Crippen LogP contribution in [0.5, 0.6) is 0 Å². The summed E-state index contributed by atoms with van der Waals surface area (Å²) in [5.74, 6) is -0.277. The zero-order valence-electron chi connectivity index (χ0n) is 12.5. The topological polar surface area (TPSA) is 59.5 Å². The lowest BCUT2D eigenvalue weighted by molar-refractivity contribution is 0.0973. The van der Waals surface area contributed by atoms with Crippen LogP contribution in [0.2, 0.25) is 0 Å². The molecule has 1 aromatic heterocycles. The molecular formula is C18H18N2O2. The highest BCUT2D eigenvalue weighted by Gasteiger charge is 2.19. The van der Waals surface area contributed by atoms with Crippen molar-refractivity contribution in [2.45, 2.75) is 13.1 Å². The zero-order valence-corrected chi connectivity index (χ0v) is 12.5. The molecule has 112 valence electrons. The number of fused-ring (bicyclic) bond motifs is 1. The first-order valence-electron chi connectivity index (χ1n) is 7.18. The molecule has 4 heteroatoms. The summed E-state index contributed by atoms with van der Waals surface area (Å²) < 4.78 is 5.61. The molecule has 3 rings (SSSR count). The second-order valence-corrected chi connectivity index (χ2v) is 5.43. The number of hydrogen-bond acceptors (Lipinski definition) is 3. The molecule has 0 saturated carbocycles. The average molecular weight is 294 g/mol. The van der Waals surface area contributed by atoms with Crippen molar-refractivity contribution in [1.29, 1.82) is 0 Å². The van der Waals surface area contributed by atoms with Gasteiger partial charge in [-0.05, 0) is 18.7 Å². The number of rotatable bonds is 5. The molecule has 0 saturated heterocycles. The van der Waals surface area contributed by atoms with Gasteiger partial charge in [0.05, 0.1) is 0 Å². The first kappa shape index (κ1) is 14.4. The van der Waals surface area contributed by atoms with Gasteiger partial charge in [-0.25, -0.2) is 0 Å². The lowest BCUT2D eigenvalue weighted by Crippen LogP contribution is -2.20. The number of benzene rings is 2. The summed E-state index contributed by atoms with van der Waals surface area (Å²) in [5, 5.41) is 0.941. The summed E-state index contributed by atoms with van der Waals surface area (Å²) in [4.78, 5) is 13.8. The maximum Gasteiger partial charge on any atom is 0.284 e. The van der Waals surface area contributed by atoms with Crippen molar-refractivity contribution in [1.82, 2.24) is 4.90 Å². The third kappa shape index (κ3) is 2.87. The van der Waals surface area contributed by atoms with Crippen molar-refractivity contribution in [2.75, 3.05) is 7.05 Å². The Morgan fingerprint density at radius 2 is 1.73 bits per heavy atom. The SMILES string of the molecule is CN(Cc1ccccc1)Cc1c(C(N)=O)oc2ccccc12. The van der Waals surface area contributed by atoms with Crippen LogP contribution in [0.4, 0.5) is 0 Å². The van der Waals surface area contributed by atoms with Crippen LogP contribution in [0.15, 0.2) is 59.0 Å². The molecule has 2 N–H and O–H groups in total. The molecule has 3 aromatic rings. The van der Waals surface area contributed by atoms with Gasteiger partial charge < -0.3 is 10.2 Å². The number of para-hydroxylation sites is 1. The quantitative estimate of drug-likeness (QED) is 0.786. The Bertz CT molecular complexity index is 793. The lowest BCUT2D eigenvalue weighted by Gasteiger charge is -2.16. The number of hydrogen-bond donors (Lipinski definition) is 1. The number of nitrogens with two attached hydrogens (primary N) is 1. The summed E-state index contributed by atoms with van der Waals surface area (Å²) >= 11 is 0. The highest BCUT2D eigenvalue weighted by atomic mass is 16.3. The van der Waals surface area contributed by atoms with Crippen LogP contribution in [-0.2, 0) is 13.1 Å². The molecule has 0 aliphatic heterocycles. The molecule has 0 aliphatic rings. The summed E-state index contributed by atoms with van der Waals surface area (Å²) in [6.45, 7) is 1.39. The van der Waals surface area contributed by atoms with E-state index in [-0.39, 0.29) is 5.76 Å². The van der Waals surface area contributed by atoms with Gasteiger partial charge in [0, 0.05) is 24.0 Å².